The number of hydrogen-bond donors (Lipinski definition) is 1. The van der Waals surface area contributed by atoms with Gasteiger partial charge in [-0.2, -0.15) is 13.2 Å². The maximum Gasteiger partial charge on any atom is 0.416 e. The van der Waals surface area contributed by atoms with Crippen LogP contribution in [0.4, 0.5) is 18.9 Å². The van der Waals surface area contributed by atoms with Gasteiger partial charge in [0.1, 0.15) is 12.1 Å². The van der Waals surface area contributed by atoms with Gasteiger partial charge in [-0.05, 0) is 36.8 Å². The number of pyridine rings is 1. The maximum atomic E-state index is 12.9. The van der Waals surface area contributed by atoms with Gasteiger partial charge in [-0.1, -0.05) is 6.07 Å². The summed E-state index contributed by atoms with van der Waals surface area (Å²) in [5.74, 6) is 0.0328. The predicted octanol–water partition coefficient (Wildman–Crippen LogP) is 3.85. The number of nitrogens with one attached hydrogen (secondary N) is 1. The molecule has 0 unspecified atom stereocenters. The van der Waals surface area contributed by atoms with Crippen LogP contribution in [0.5, 0.6) is 0 Å². The van der Waals surface area contributed by atoms with E-state index in [1.54, 1.807) is 29.4 Å². The van der Waals surface area contributed by atoms with Crippen molar-refractivity contribution in [2.75, 3.05) is 5.32 Å². The molecule has 3 rings (SSSR count). The zero-order valence-electron chi connectivity index (χ0n) is 13.1. The lowest BCUT2D eigenvalue weighted by atomic mass is 10.1. The van der Waals surface area contributed by atoms with Crippen LogP contribution in [0, 0.1) is 6.92 Å². The molecule has 0 saturated carbocycles. The van der Waals surface area contributed by atoms with Crippen LogP contribution < -0.4 is 5.32 Å². The molecule has 0 aliphatic carbocycles. The average molecular weight is 346 g/mol. The fourth-order valence-corrected chi connectivity index (χ4v) is 2.28. The van der Waals surface area contributed by atoms with Crippen molar-refractivity contribution in [3.8, 4) is 5.82 Å². The molecule has 0 fully saturated rings. The van der Waals surface area contributed by atoms with E-state index in [-0.39, 0.29) is 16.8 Å². The third kappa shape index (κ3) is 3.68. The summed E-state index contributed by atoms with van der Waals surface area (Å²) >= 11 is 0. The minimum absolute atomic E-state index is 0.0709. The number of benzene rings is 1. The first-order valence-corrected chi connectivity index (χ1v) is 7.28. The van der Waals surface area contributed by atoms with Crippen LogP contribution in [-0.2, 0) is 6.18 Å². The van der Waals surface area contributed by atoms with Crippen LogP contribution in [0.1, 0.15) is 21.5 Å². The Labute approximate surface area is 141 Å². The lowest BCUT2D eigenvalue weighted by Gasteiger charge is -2.13. The first-order valence-electron chi connectivity index (χ1n) is 7.28. The number of aryl methyl sites for hydroxylation is 1. The molecule has 0 atom stereocenters. The number of carbonyl (C=O) groups is 1. The molecule has 5 nitrogen and oxygen atoms in total. The van der Waals surface area contributed by atoms with Crippen molar-refractivity contribution in [3.63, 3.8) is 0 Å². The van der Waals surface area contributed by atoms with Crippen LogP contribution in [0.15, 0.2) is 55.2 Å². The summed E-state index contributed by atoms with van der Waals surface area (Å²) in [5, 5.41) is 2.45. The van der Waals surface area contributed by atoms with E-state index in [1.807, 2.05) is 0 Å². The van der Waals surface area contributed by atoms with E-state index in [0.717, 1.165) is 6.07 Å². The second-order valence-corrected chi connectivity index (χ2v) is 5.36. The van der Waals surface area contributed by atoms with E-state index in [0.29, 0.717) is 5.82 Å². The molecule has 128 valence electrons. The average Bonchev–Trinajstić information content (AvgIpc) is 3.10. The van der Waals surface area contributed by atoms with Gasteiger partial charge < -0.3 is 5.32 Å². The van der Waals surface area contributed by atoms with Gasteiger partial charge in [0.05, 0.1) is 11.1 Å². The summed E-state index contributed by atoms with van der Waals surface area (Å²) in [5.41, 5.74) is -0.379. The van der Waals surface area contributed by atoms with E-state index in [4.69, 9.17) is 0 Å². The monoisotopic (exact) mass is 346 g/mol. The summed E-state index contributed by atoms with van der Waals surface area (Å²) in [6.45, 7) is 1.37. The second-order valence-electron chi connectivity index (χ2n) is 5.36. The van der Waals surface area contributed by atoms with Gasteiger partial charge in [0.25, 0.3) is 5.91 Å². The van der Waals surface area contributed by atoms with Crippen LogP contribution >= 0.6 is 0 Å². The highest BCUT2D eigenvalue weighted by molar-refractivity contribution is 6.04. The molecular weight excluding hydrogens is 333 g/mol. The van der Waals surface area contributed by atoms with Gasteiger partial charge in [-0.25, -0.2) is 9.97 Å². The van der Waals surface area contributed by atoms with Crippen LogP contribution in [0.3, 0.4) is 0 Å². The van der Waals surface area contributed by atoms with Gasteiger partial charge in [0, 0.05) is 24.3 Å². The molecule has 2 aromatic heterocycles. The Morgan fingerprint density at radius 3 is 2.60 bits per heavy atom. The van der Waals surface area contributed by atoms with Crippen molar-refractivity contribution >= 4 is 11.6 Å². The molecule has 0 aliphatic heterocycles. The normalized spacial score (nSPS) is 11.4. The predicted molar refractivity (Wildman–Crippen MR) is 85.5 cm³/mol. The SMILES string of the molecule is Cc1ccc(NC(=O)c2ccc(-n3ccnc3)nc2)cc1C(F)(F)F. The quantitative estimate of drug-likeness (QED) is 0.784. The Morgan fingerprint density at radius 1 is 1.20 bits per heavy atom. The molecule has 2 heterocycles. The first-order chi connectivity index (χ1) is 11.8. The van der Waals surface area contributed by atoms with Crippen LogP contribution in [0.25, 0.3) is 5.82 Å². The van der Waals surface area contributed by atoms with Crippen LogP contribution in [0.2, 0.25) is 0 Å². The molecule has 25 heavy (non-hydrogen) atoms. The Balaban J connectivity index is 1.78. The number of alkyl halides is 3. The summed E-state index contributed by atoms with van der Waals surface area (Å²) in [6.07, 6.45) is 1.74. The maximum absolute atomic E-state index is 12.9. The minimum atomic E-state index is -4.47. The van der Waals surface area contributed by atoms with Gasteiger partial charge in [0.15, 0.2) is 0 Å². The minimum Gasteiger partial charge on any atom is -0.322 e. The molecule has 0 radical (unpaired) electrons. The molecule has 0 spiro atoms. The van der Waals surface area contributed by atoms with Crippen LogP contribution in [-0.4, -0.2) is 20.4 Å². The molecule has 8 heteroatoms. The van der Waals surface area contributed by atoms with Crippen molar-refractivity contribution in [1.29, 1.82) is 0 Å². The highest BCUT2D eigenvalue weighted by Gasteiger charge is 2.32. The number of amides is 1. The summed E-state index contributed by atoms with van der Waals surface area (Å²) < 4.78 is 40.5. The zero-order chi connectivity index (χ0) is 18.0. The first kappa shape index (κ1) is 16.7. The summed E-state index contributed by atoms with van der Waals surface area (Å²) in [7, 11) is 0. The number of carbonyl (C=O) groups excluding carboxylic acids is 1. The summed E-state index contributed by atoms with van der Waals surface area (Å²) in [6, 6.07) is 6.82. The lowest BCUT2D eigenvalue weighted by molar-refractivity contribution is -0.138. The van der Waals surface area contributed by atoms with Crippen molar-refractivity contribution in [2.24, 2.45) is 0 Å². The molecule has 0 aliphatic rings. The van der Waals surface area contributed by atoms with Crippen molar-refractivity contribution < 1.29 is 18.0 Å². The van der Waals surface area contributed by atoms with Crippen molar-refractivity contribution in [1.82, 2.24) is 14.5 Å². The Morgan fingerprint density at radius 2 is 2.00 bits per heavy atom. The number of halogens is 3. The van der Waals surface area contributed by atoms with Gasteiger partial charge in [-0.15, -0.1) is 0 Å². The van der Waals surface area contributed by atoms with Crippen molar-refractivity contribution in [3.05, 3.63) is 71.9 Å². The highest BCUT2D eigenvalue weighted by Crippen LogP contribution is 2.33. The summed E-state index contributed by atoms with van der Waals surface area (Å²) in [4.78, 5) is 20.2. The van der Waals surface area contributed by atoms with Crippen molar-refractivity contribution in [2.45, 2.75) is 13.1 Å². The number of aromatic nitrogens is 3. The van der Waals surface area contributed by atoms with E-state index in [2.05, 4.69) is 15.3 Å². The Bertz CT molecular complexity index is 887. The lowest BCUT2D eigenvalue weighted by Crippen LogP contribution is -2.14. The topological polar surface area (TPSA) is 59.8 Å². The van der Waals surface area contributed by atoms with E-state index < -0.39 is 17.6 Å². The number of nitrogens with zero attached hydrogens (tertiary/aromatic N) is 3. The second kappa shape index (κ2) is 6.39. The number of rotatable bonds is 3. The highest BCUT2D eigenvalue weighted by atomic mass is 19.4. The van der Waals surface area contributed by atoms with Gasteiger partial charge in [0.2, 0.25) is 0 Å². The Hall–Kier alpha value is -3.16. The number of hydrogen-bond acceptors (Lipinski definition) is 3. The molecular formula is C17H13F3N4O. The fraction of sp³-hybridized carbons (Fsp3) is 0.118. The fourth-order valence-electron chi connectivity index (χ4n) is 2.28. The smallest absolute Gasteiger partial charge is 0.322 e. The number of imidazole rings is 1. The number of anilines is 1. The standard InChI is InChI=1S/C17H13F3N4O/c1-11-2-4-13(8-14(11)17(18,19)20)23-16(25)12-3-5-15(22-9-12)24-7-6-21-10-24/h2-10H,1H3,(H,23,25). The zero-order valence-corrected chi connectivity index (χ0v) is 13.1. The van der Waals surface area contributed by atoms with E-state index >= 15 is 0 Å². The Kier molecular flexibility index (Phi) is 4.26. The van der Waals surface area contributed by atoms with E-state index in [9.17, 15) is 18.0 Å². The largest absolute Gasteiger partial charge is 0.416 e. The molecule has 1 aromatic carbocycles. The van der Waals surface area contributed by atoms with Gasteiger partial charge >= 0.3 is 6.18 Å². The molecule has 1 amide bonds. The molecule has 0 bridgehead atoms. The molecule has 3 aromatic rings. The molecule has 1 N–H and O–H groups in total. The third-order valence-electron chi connectivity index (χ3n) is 3.58. The molecule has 0 saturated heterocycles. The van der Waals surface area contributed by atoms with E-state index in [1.165, 1.54) is 31.3 Å². The van der Waals surface area contributed by atoms with Gasteiger partial charge in [-0.3, -0.25) is 9.36 Å². The third-order valence-corrected chi connectivity index (χ3v) is 3.58.